The fourth-order valence-electron chi connectivity index (χ4n) is 3.20. The summed E-state index contributed by atoms with van der Waals surface area (Å²) in [5.41, 5.74) is 1.18. The van der Waals surface area contributed by atoms with Crippen LogP contribution in [0.4, 0.5) is 4.39 Å². The first-order valence-electron chi connectivity index (χ1n) is 10.4. The minimum Gasteiger partial charge on any atom is -0.504 e. The molecule has 0 bridgehead atoms. The van der Waals surface area contributed by atoms with Crippen molar-refractivity contribution in [3.05, 3.63) is 64.9 Å². The molecule has 10 heteroatoms. The number of rotatable bonds is 10. The van der Waals surface area contributed by atoms with Gasteiger partial charge in [-0.1, -0.05) is 12.1 Å². The quantitative estimate of drug-likeness (QED) is 0.340. The van der Waals surface area contributed by atoms with Gasteiger partial charge in [-0.05, 0) is 42.2 Å². The van der Waals surface area contributed by atoms with Crippen LogP contribution in [0.5, 0.6) is 5.75 Å². The Balaban J connectivity index is 2.02. The molecule has 0 saturated carbocycles. The molecule has 0 aliphatic carbocycles. The normalized spacial score (nSPS) is 10.9. The molecule has 0 spiro atoms. The molecular weight excluding hydrogens is 431 g/mol. The van der Waals surface area contributed by atoms with Crippen molar-refractivity contribution in [2.45, 2.75) is 12.8 Å². The molecule has 0 saturated heterocycles. The number of nitrogens with one attached hydrogen (secondary N) is 2. The Morgan fingerprint density at radius 2 is 1.76 bits per heavy atom. The third kappa shape index (κ3) is 5.99. The first-order chi connectivity index (χ1) is 15.9. The highest BCUT2D eigenvalue weighted by molar-refractivity contribution is 6.09. The van der Waals surface area contributed by atoms with E-state index in [0.29, 0.717) is 18.4 Å². The van der Waals surface area contributed by atoms with Gasteiger partial charge in [0.25, 0.3) is 11.8 Å². The fraction of sp³-hybridized carbons (Fsp3) is 0.304. The second kappa shape index (κ2) is 11.3. The number of aromatic nitrogens is 2. The third-order valence-corrected chi connectivity index (χ3v) is 4.84. The molecule has 3 rings (SSSR count). The van der Waals surface area contributed by atoms with Gasteiger partial charge in [0.2, 0.25) is 0 Å². The highest BCUT2D eigenvalue weighted by Gasteiger charge is 2.23. The average molecular weight is 456 g/mol. The van der Waals surface area contributed by atoms with Crippen LogP contribution in [0.1, 0.15) is 38.5 Å². The van der Waals surface area contributed by atoms with E-state index in [-0.39, 0.29) is 54.4 Å². The van der Waals surface area contributed by atoms with E-state index in [1.165, 1.54) is 25.4 Å². The topological polar surface area (TPSA) is 134 Å². The number of methoxy groups -OCH3 is 1. The number of pyridine rings is 2. The van der Waals surface area contributed by atoms with Crippen molar-refractivity contribution in [1.29, 1.82) is 0 Å². The van der Waals surface area contributed by atoms with Crippen molar-refractivity contribution in [1.82, 2.24) is 20.6 Å². The summed E-state index contributed by atoms with van der Waals surface area (Å²) in [7, 11) is 1.49. The van der Waals surface area contributed by atoms with E-state index in [9.17, 15) is 19.1 Å². The summed E-state index contributed by atoms with van der Waals surface area (Å²) in [6, 6.07) is 7.65. The van der Waals surface area contributed by atoms with Crippen LogP contribution < -0.4 is 10.6 Å². The summed E-state index contributed by atoms with van der Waals surface area (Å²) < 4.78 is 18.1. The number of carbonyl (C=O) groups excluding carboxylic acids is 2. The molecule has 9 nitrogen and oxygen atoms in total. The summed E-state index contributed by atoms with van der Waals surface area (Å²) in [6.07, 6.45) is 2.28. The molecule has 33 heavy (non-hydrogen) atoms. The lowest BCUT2D eigenvalue weighted by Crippen LogP contribution is -2.30. The predicted octanol–water partition coefficient (Wildman–Crippen LogP) is 1.55. The molecular formula is C23H25FN4O5. The van der Waals surface area contributed by atoms with Crippen LogP contribution >= 0.6 is 0 Å². The third-order valence-electron chi connectivity index (χ3n) is 4.84. The number of amides is 2. The molecule has 174 valence electrons. The number of aliphatic hydroxyl groups is 1. The average Bonchev–Trinajstić information content (AvgIpc) is 2.81. The van der Waals surface area contributed by atoms with Crippen LogP contribution in [0.3, 0.4) is 0 Å². The number of ether oxygens (including phenoxy) is 1. The van der Waals surface area contributed by atoms with Gasteiger partial charge in [0.05, 0.1) is 6.61 Å². The number of nitrogens with zero attached hydrogens (tertiary/aromatic N) is 2. The van der Waals surface area contributed by atoms with Gasteiger partial charge in [-0.25, -0.2) is 9.37 Å². The number of aliphatic hydroxyl groups excluding tert-OH is 1. The molecule has 0 atom stereocenters. The standard InChI is InChI=1S/C23H25FN4O5/c1-33-10-8-26-23(32)20-21(30)18-17(19(28-20)22(31)25-7-2-9-29)12-15(13-27-18)11-14-3-5-16(24)6-4-14/h3-6,12-13,29-30H,2,7-11H2,1H3,(H,25,31)(H,26,32). The Bertz CT molecular complexity index is 1140. The zero-order valence-corrected chi connectivity index (χ0v) is 18.1. The fourth-order valence-corrected chi connectivity index (χ4v) is 3.20. The minimum atomic E-state index is -0.673. The molecule has 0 aliphatic heterocycles. The van der Waals surface area contributed by atoms with Gasteiger partial charge >= 0.3 is 0 Å². The zero-order valence-electron chi connectivity index (χ0n) is 18.1. The lowest BCUT2D eigenvalue weighted by Gasteiger charge is -2.13. The number of halogens is 1. The van der Waals surface area contributed by atoms with Gasteiger partial charge in [0.1, 0.15) is 17.0 Å². The first-order valence-corrected chi connectivity index (χ1v) is 10.4. The molecule has 3 aromatic rings. The van der Waals surface area contributed by atoms with Crippen LogP contribution in [0, 0.1) is 5.82 Å². The van der Waals surface area contributed by atoms with E-state index in [1.807, 2.05) is 0 Å². The smallest absolute Gasteiger partial charge is 0.273 e. The van der Waals surface area contributed by atoms with Crippen molar-refractivity contribution in [2.75, 3.05) is 33.4 Å². The Hall–Kier alpha value is -3.63. The van der Waals surface area contributed by atoms with Crippen molar-refractivity contribution >= 4 is 22.7 Å². The summed E-state index contributed by atoms with van der Waals surface area (Å²) >= 11 is 0. The summed E-state index contributed by atoms with van der Waals surface area (Å²) in [4.78, 5) is 33.8. The number of fused-ring (bicyclic) bond motifs is 1. The van der Waals surface area contributed by atoms with Crippen molar-refractivity contribution in [3.63, 3.8) is 0 Å². The van der Waals surface area contributed by atoms with Crippen LogP contribution in [-0.2, 0) is 11.2 Å². The molecule has 1 aromatic carbocycles. The van der Waals surface area contributed by atoms with Crippen LogP contribution in [0.25, 0.3) is 10.9 Å². The molecule has 0 radical (unpaired) electrons. The summed E-state index contributed by atoms with van der Waals surface area (Å²) in [6.45, 7) is 0.564. The lowest BCUT2D eigenvalue weighted by molar-refractivity contribution is 0.0928. The second-order valence-corrected chi connectivity index (χ2v) is 7.28. The van der Waals surface area contributed by atoms with Gasteiger partial charge in [-0.2, -0.15) is 0 Å². The van der Waals surface area contributed by atoms with E-state index in [0.717, 1.165) is 5.56 Å². The number of hydrogen-bond donors (Lipinski definition) is 4. The van der Waals surface area contributed by atoms with Crippen molar-refractivity contribution in [2.24, 2.45) is 0 Å². The second-order valence-electron chi connectivity index (χ2n) is 7.28. The molecule has 2 heterocycles. The maximum atomic E-state index is 13.2. The van der Waals surface area contributed by atoms with Gasteiger partial charge in [0, 0.05) is 38.4 Å². The molecule has 0 unspecified atom stereocenters. The van der Waals surface area contributed by atoms with Crippen molar-refractivity contribution in [3.8, 4) is 5.75 Å². The Morgan fingerprint density at radius 3 is 2.45 bits per heavy atom. The van der Waals surface area contributed by atoms with E-state index < -0.39 is 17.6 Å². The number of aromatic hydroxyl groups is 1. The van der Waals surface area contributed by atoms with E-state index in [2.05, 4.69) is 20.6 Å². The maximum Gasteiger partial charge on any atom is 0.273 e. The molecule has 2 aromatic heterocycles. The number of benzene rings is 1. The predicted molar refractivity (Wildman–Crippen MR) is 119 cm³/mol. The van der Waals surface area contributed by atoms with E-state index in [4.69, 9.17) is 9.84 Å². The molecule has 2 amide bonds. The van der Waals surface area contributed by atoms with Gasteiger partial charge < -0.3 is 25.6 Å². The summed E-state index contributed by atoms with van der Waals surface area (Å²) in [5, 5.41) is 25.1. The Labute approximate surface area is 189 Å². The Morgan fingerprint density at radius 1 is 1.06 bits per heavy atom. The monoisotopic (exact) mass is 456 g/mol. The van der Waals surface area contributed by atoms with Crippen molar-refractivity contribution < 1.29 is 28.9 Å². The van der Waals surface area contributed by atoms with E-state index in [1.54, 1.807) is 18.2 Å². The molecule has 4 N–H and O–H groups in total. The first kappa shape index (κ1) is 24.0. The zero-order chi connectivity index (χ0) is 23.8. The number of carbonyl (C=O) groups is 2. The molecule has 0 fully saturated rings. The van der Waals surface area contributed by atoms with E-state index >= 15 is 0 Å². The van der Waals surface area contributed by atoms with Crippen LogP contribution in [0.15, 0.2) is 36.5 Å². The highest BCUT2D eigenvalue weighted by atomic mass is 19.1. The van der Waals surface area contributed by atoms with Gasteiger partial charge in [-0.3, -0.25) is 14.6 Å². The van der Waals surface area contributed by atoms with Crippen LogP contribution in [0.2, 0.25) is 0 Å². The maximum absolute atomic E-state index is 13.2. The number of hydrogen-bond acceptors (Lipinski definition) is 7. The highest BCUT2D eigenvalue weighted by Crippen LogP contribution is 2.29. The van der Waals surface area contributed by atoms with Crippen LogP contribution in [-0.4, -0.2) is 65.4 Å². The van der Waals surface area contributed by atoms with Gasteiger partial charge in [-0.15, -0.1) is 0 Å². The molecule has 0 aliphatic rings. The lowest BCUT2D eigenvalue weighted by atomic mass is 10.0. The minimum absolute atomic E-state index is 0.0528. The van der Waals surface area contributed by atoms with Gasteiger partial charge in [0.15, 0.2) is 11.4 Å². The largest absolute Gasteiger partial charge is 0.504 e. The SMILES string of the molecule is COCCNC(=O)c1nc(C(=O)NCCCO)c2cc(Cc3ccc(F)cc3)cnc2c1O. The Kier molecular flexibility index (Phi) is 8.22. The summed E-state index contributed by atoms with van der Waals surface area (Å²) in [5.74, 6) is -2.03.